The summed E-state index contributed by atoms with van der Waals surface area (Å²) in [5.41, 5.74) is 0. The Morgan fingerprint density at radius 1 is 0.292 bits per heavy atom. The first kappa shape index (κ1) is 68.6. The molecule has 6 nitrogen and oxygen atoms in total. The number of unbranched alkanes of at least 4 members (excludes halogenated alkanes) is 30. The number of allylic oxidation sites excluding steroid dienone is 14. The molecule has 0 aliphatic carbocycles. The van der Waals surface area contributed by atoms with Crippen LogP contribution in [-0.4, -0.2) is 37.2 Å². The van der Waals surface area contributed by atoms with E-state index in [4.69, 9.17) is 14.2 Å². The van der Waals surface area contributed by atoms with Crippen molar-refractivity contribution in [1.29, 1.82) is 0 Å². The molecule has 0 spiro atoms. The minimum Gasteiger partial charge on any atom is -0.462 e. The van der Waals surface area contributed by atoms with Gasteiger partial charge in [-0.05, 0) is 116 Å². The maximum atomic E-state index is 12.9. The van der Waals surface area contributed by atoms with Gasteiger partial charge in [0.15, 0.2) is 6.10 Å². The van der Waals surface area contributed by atoms with Crippen LogP contribution in [0.2, 0.25) is 0 Å². The van der Waals surface area contributed by atoms with Crippen LogP contribution in [0.15, 0.2) is 85.1 Å². The molecular formula is C66H114O6. The molecule has 0 aliphatic heterocycles. The molecule has 0 heterocycles. The molecule has 0 saturated heterocycles. The van der Waals surface area contributed by atoms with Crippen LogP contribution in [0.1, 0.15) is 297 Å². The Kier molecular flexibility index (Phi) is 57.3. The molecule has 0 bridgehead atoms. The monoisotopic (exact) mass is 1000 g/mol. The van der Waals surface area contributed by atoms with E-state index in [1.807, 2.05) is 0 Å². The molecule has 0 aromatic carbocycles. The van der Waals surface area contributed by atoms with Gasteiger partial charge in [-0.2, -0.15) is 0 Å². The van der Waals surface area contributed by atoms with E-state index in [1.54, 1.807) is 0 Å². The Morgan fingerprint density at radius 2 is 0.542 bits per heavy atom. The van der Waals surface area contributed by atoms with E-state index in [0.717, 1.165) is 116 Å². The van der Waals surface area contributed by atoms with Crippen molar-refractivity contribution in [2.45, 2.75) is 303 Å². The Hall–Kier alpha value is -3.41. The molecule has 0 aromatic heterocycles. The van der Waals surface area contributed by atoms with Crippen molar-refractivity contribution in [2.24, 2.45) is 0 Å². The quantitative estimate of drug-likeness (QED) is 0.0261. The highest BCUT2D eigenvalue weighted by molar-refractivity contribution is 5.71. The number of ether oxygens (including phenoxy) is 3. The number of hydrogen-bond acceptors (Lipinski definition) is 6. The Labute approximate surface area is 445 Å². The number of esters is 3. The molecule has 1 unspecified atom stereocenters. The van der Waals surface area contributed by atoms with Crippen LogP contribution >= 0.6 is 0 Å². The first-order valence-electron chi connectivity index (χ1n) is 30.6. The van der Waals surface area contributed by atoms with Crippen LogP contribution in [0, 0.1) is 0 Å². The van der Waals surface area contributed by atoms with Gasteiger partial charge in [0.1, 0.15) is 13.2 Å². The summed E-state index contributed by atoms with van der Waals surface area (Å²) in [5, 5.41) is 0. The fraction of sp³-hybridized carbons (Fsp3) is 0.742. The van der Waals surface area contributed by atoms with E-state index >= 15 is 0 Å². The molecule has 0 amide bonds. The number of hydrogen-bond donors (Lipinski definition) is 0. The molecule has 6 heteroatoms. The van der Waals surface area contributed by atoms with E-state index in [0.29, 0.717) is 19.3 Å². The topological polar surface area (TPSA) is 78.9 Å². The predicted molar refractivity (Wildman–Crippen MR) is 311 cm³/mol. The molecule has 0 rings (SSSR count). The average Bonchev–Trinajstić information content (AvgIpc) is 3.38. The van der Waals surface area contributed by atoms with Gasteiger partial charge in [0.2, 0.25) is 0 Å². The first-order chi connectivity index (χ1) is 35.5. The maximum absolute atomic E-state index is 12.9. The van der Waals surface area contributed by atoms with Gasteiger partial charge in [-0.3, -0.25) is 14.4 Å². The molecule has 0 fully saturated rings. The zero-order valence-corrected chi connectivity index (χ0v) is 47.4. The van der Waals surface area contributed by atoms with E-state index in [2.05, 4.69) is 106 Å². The minimum atomic E-state index is -0.790. The van der Waals surface area contributed by atoms with Gasteiger partial charge < -0.3 is 14.2 Å². The van der Waals surface area contributed by atoms with Crippen molar-refractivity contribution in [1.82, 2.24) is 0 Å². The van der Waals surface area contributed by atoms with Crippen LogP contribution in [-0.2, 0) is 28.6 Å². The van der Waals surface area contributed by atoms with Crippen molar-refractivity contribution in [3.05, 3.63) is 85.1 Å². The largest absolute Gasteiger partial charge is 0.462 e. The van der Waals surface area contributed by atoms with Gasteiger partial charge in [-0.15, -0.1) is 0 Å². The van der Waals surface area contributed by atoms with Crippen molar-refractivity contribution < 1.29 is 28.6 Å². The van der Waals surface area contributed by atoms with Gasteiger partial charge in [-0.1, -0.05) is 247 Å². The molecule has 0 aliphatic rings. The molecule has 0 aromatic rings. The molecule has 0 N–H and O–H groups in total. The summed E-state index contributed by atoms with van der Waals surface area (Å²) in [4.78, 5) is 38.2. The molecule has 72 heavy (non-hydrogen) atoms. The first-order valence-corrected chi connectivity index (χ1v) is 30.6. The molecule has 414 valence electrons. The Bertz CT molecular complexity index is 1380. The molecule has 1 atom stereocenters. The highest BCUT2D eigenvalue weighted by Crippen LogP contribution is 2.15. The summed E-state index contributed by atoms with van der Waals surface area (Å²) >= 11 is 0. The summed E-state index contributed by atoms with van der Waals surface area (Å²) in [5.74, 6) is -0.905. The van der Waals surface area contributed by atoms with Gasteiger partial charge in [0.05, 0.1) is 0 Å². The van der Waals surface area contributed by atoms with Gasteiger partial charge in [-0.25, -0.2) is 0 Å². The lowest BCUT2D eigenvalue weighted by Crippen LogP contribution is -2.30. The number of rotatable bonds is 55. The van der Waals surface area contributed by atoms with Gasteiger partial charge in [0.25, 0.3) is 0 Å². The fourth-order valence-corrected chi connectivity index (χ4v) is 8.52. The van der Waals surface area contributed by atoms with E-state index < -0.39 is 6.10 Å². The number of carbonyl (C=O) groups excluding carboxylic acids is 3. The second-order valence-corrected chi connectivity index (χ2v) is 20.2. The second-order valence-electron chi connectivity index (χ2n) is 20.2. The van der Waals surface area contributed by atoms with Crippen molar-refractivity contribution in [2.75, 3.05) is 13.2 Å². The minimum absolute atomic E-state index is 0.0868. The third-order valence-corrected chi connectivity index (χ3v) is 13.1. The van der Waals surface area contributed by atoms with Crippen molar-refractivity contribution in [3.63, 3.8) is 0 Å². The van der Waals surface area contributed by atoms with E-state index in [-0.39, 0.29) is 31.1 Å². The van der Waals surface area contributed by atoms with Crippen molar-refractivity contribution >= 4 is 17.9 Å². The summed E-state index contributed by atoms with van der Waals surface area (Å²) < 4.78 is 16.9. The average molecular weight is 1000 g/mol. The maximum Gasteiger partial charge on any atom is 0.306 e. The summed E-state index contributed by atoms with van der Waals surface area (Å²) in [6.07, 6.45) is 78.6. The van der Waals surface area contributed by atoms with Crippen LogP contribution in [0.3, 0.4) is 0 Å². The third-order valence-electron chi connectivity index (χ3n) is 13.1. The SMILES string of the molecule is CC/C=C\C/C=C\C/C=C\C/C=C\C/C=C\CCCCCCCCCC(=O)OCC(COC(=O)CCCCCCC/C=C\CCCCCCCC)OC(=O)CCCCCCC/C=C\CCCCCCCCC. The van der Waals surface area contributed by atoms with Gasteiger partial charge in [0, 0.05) is 19.3 Å². The van der Waals surface area contributed by atoms with Crippen LogP contribution < -0.4 is 0 Å². The fourth-order valence-electron chi connectivity index (χ4n) is 8.52. The summed E-state index contributed by atoms with van der Waals surface area (Å²) in [6.45, 7) is 6.52. The van der Waals surface area contributed by atoms with Gasteiger partial charge >= 0.3 is 17.9 Å². The molecule has 0 radical (unpaired) electrons. The normalized spacial score (nSPS) is 12.7. The van der Waals surface area contributed by atoms with E-state index in [1.165, 1.54) is 141 Å². The summed E-state index contributed by atoms with van der Waals surface area (Å²) in [6, 6.07) is 0. The lowest BCUT2D eigenvalue weighted by molar-refractivity contribution is -0.167. The van der Waals surface area contributed by atoms with Crippen molar-refractivity contribution in [3.8, 4) is 0 Å². The van der Waals surface area contributed by atoms with Crippen LogP contribution in [0.4, 0.5) is 0 Å². The highest BCUT2D eigenvalue weighted by Gasteiger charge is 2.19. The predicted octanol–water partition coefficient (Wildman–Crippen LogP) is 20.7. The van der Waals surface area contributed by atoms with Crippen LogP contribution in [0.5, 0.6) is 0 Å². The lowest BCUT2D eigenvalue weighted by Gasteiger charge is -2.18. The highest BCUT2D eigenvalue weighted by atomic mass is 16.6. The lowest BCUT2D eigenvalue weighted by atomic mass is 10.1. The number of carbonyl (C=O) groups is 3. The third kappa shape index (κ3) is 57.5. The second kappa shape index (κ2) is 60.1. The summed E-state index contributed by atoms with van der Waals surface area (Å²) in [7, 11) is 0. The molecule has 0 saturated carbocycles. The Balaban J connectivity index is 4.39. The Morgan fingerprint density at radius 3 is 0.861 bits per heavy atom. The molecular weight excluding hydrogens is 889 g/mol. The standard InChI is InChI=1S/C66H114O6/c1-4-7-10-13-16-19-22-25-28-30-31-32-33-34-35-36-39-41-44-47-50-53-56-59-65(68)71-62-63(61-70-64(67)58-55-52-49-46-43-40-37-27-24-21-18-15-12-9-6-3)72-66(69)60-57-54-51-48-45-42-38-29-26-23-20-17-14-11-8-5-2/h7,10,16,19,25,27-29,31-32,34-35,37-38,63H,4-6,8-9,11-15,17-18,20-24,26,30,33,36,39-62H2,1-3H3/b10-7-,19-16-,28-25-,32-31-,35-34-,37-27-,38-29-. The van der Waals surface area contributed by atoms with E-state index in [9.17, 15) is 14.4 Å². The zero-order chi connectivity index (χ0) is 52.2. The smallest absolute Gasteiger partial charge is 0.306 e. The van der Waals surface area contributed by atoms with Crippen LogP contribution in [0.25, 0.3) is 0 Å². The zero-order valence-electron chi connectivity index (χ0n) is 47.4.